The van der Waals surface area contributed by atoms with E-state index in [2.05, 4.69) is 23.0 Å². The molecule has 0 heterocycles. The molecule has 4 heteroatoms. The predicted octanol–water partition coefficient (Wildman–Crippen LogP) is 4.82. The summed E-state index contributed by atoms with van der Waals surface area (Å²) >= 11 is -4.23. The van der Waals surface area contributed by atoms with E-state index in [0.29, 0.717) is 0 Å². The van der Waals surface area contributed by atoms with Crippen LogP contribution in [0.3, 0.4) is 0 Å². The fraction of sp³-hybridized carbons (Fsp3) is 0.800. The van der Waals surface area contributed by atoms with Crippen LogP contribution in [-0.2, 0) is 0 Å². The van der Waals surface area contributed by atoms with E-state index in [-0.39, 0.29) is 0 Å². The molecule has 0 spiro atoms. The first-order valence-electron chi connectivity index (χ1n) is 5.34. The minimum atomic E-state index is -2.11. The van der Waals surface area contributed by atoms with Gasteiger partial charge in [-0.05, 0) is 0 Å². The molecule has 0 aromatic carbocycles. The van der Waals surface area contributed by atoms with Crippen LogP contribution in [0.2, 0.25) is 23.0 Å². The summed E-state index contributed by atoms with van der Waals surface area (Å²) in [5.41, 5.74) is 0. The Morgan fingerprint density at radius 1 is 0.786 bits per heavy atom. The first-order valence-corrected chi connectivity index (χ1v) is 21.3. The van der Waals surface area contributed by atoms with Crippen LogP contribution in [0.25, 0.3) is 0 Å². The van der Waals surface area contributed by atoms with E-state index >= 15 is 0 Å². The fourth-order valence-electron chi connectivity index (χ4n) is 2.22. The van der Waals surface area contributed by atoms with Crippen molar-refractivity contribution in [3.8, 4) is 0 Å². The van der Waals surface area contributed by atoms with Crippen molar-refractivity contribution in [2.75, 3.05) is 0 Å². The second-order valence-electron chi connectivity index (χ2n) is 5.11. The second-order valence-corrected chi connectivity index (χ2v) is 29.8. The third-order valence-electron chi connectivity index (χ3n) is 2.90. The van der Waals surface area contributed by atoms with Crippen molar-refractivity contribution < 1.29 is 0 Å². The Kier molecular flexibility index (Phi) is 4.55. The van der Waals surface area contributed by atoms with Gasteiger partial charge < -0.3 is 0 Å². The van der Waals surface area contributed by atoms with Crippen LogP contribution < -0.4 is 0 Å². The van der Waals surface area contributed by atoms with Crippen molar-refractivity contribution in [1.29, 1.82) is 0 Å². The molecule has 0 radical (unpaired) electrons. The molecule has 0 saturated heterocycles. The molecule has 0 aliphatic heterocycles. The third-order valence-corrected chi connectivity index (χ3v) is 14.7. The van der Waals surface area contributed by atoms with Crippen LogP contribution in [0.15, 0.2) is 8.81 Å². The molecule has 14 heavy (non-hydrogen) atoms. The molecule has 1 aliphatic rings. The van der Waals surface area contributed by atoms with Gasteiger partial charge in [-0.3, -0.25) is 0 Å². The summed E-state index contributed by atoms with van der Waals surface area (Å²) in [6.45, 7) is 0. The fourth-order valence-corrected chi connectivity index (χ4v) is 19.7. The molecule has 0 unspecified atom stereocenters. The van der Waals surface area contributed by atoms with Crippen molar-refractivity contribution in [2.24, 2.45) is 0 Å². The van der Waals surface area contributed by atoms with Gasteiger partial charge in [-0.2, -0.15) is 0 Å². The Labute approximate surface area is 102 Å². The zero-order chi connectivity index (χ0) is 11.0. The molecular formula is C10H20Cl2Ge2. The molecule has 1 rings (SSSR count). The first-order chi connectivity index (χ1) is 6.23. The maximum atomic E-state index is 6.61. The molecule has 82 valence electrons. The number of hydrogen-bond acceptors (Lipinski definition) is 0. The van der Waals surface area contributed by atoms with Gasteiger partial charge in [0, 0.05) is 0 Å². The first kappa shape index (κ1) is 13.5. The number of halogens is 2. The summed E-state index contributed by atoms with van der Waals surface area (Å²) < 4.78 is 3.27. The molecule has 0 atom stereocenters. The van der Waals surface area contributed by atoms with Crippen LogP contribution in [0.4, 0.5) is 0 Å². The van der Waals surface area contributed by atoms with Crippen LogP contribution >= 0.6 is 20.0 Å². The molecular weight excluding hydrogens is 336 g/mol. The Morgan fingerprint density at radius 2 is 1.07 bits per heavy atom. The van der Waals surface area contributed by atoms with Crippen LogP contribution in [0, 0.1) is 0 Å². The van der Waals surface area contributed by atoms with Crippen molar-refractivity contribution in [2.45, 2.75) is 48.7 Å². The van der Waals surface area contributed by atoms with E-state index in [1.807, 2.05) is 0 Å². The summed E-state index contributed by atoms with van der Waals surface area (Å²) in [5.74, 6) is 9.14. The van der Waals surface area contributed by atoms with E-state index in [1.54, 1.807) is 8.81 Å². The van der Waals surface area contributed by atoms with Crippen molar-refractivity contribution in [3.63, 3.8) is 0 Å². The van der Waals surface area contributed by atoms with Crippen molar-refractivity contribution in [1.82, 2.24) is 0 Å². The average Bonchev–Trinajstić information content (AvgIpc) is 2.01. The topological polar surface area (TPSA) is 0 Å². The molecule has 0 amide bonds. The summed E-state index contributed by atoms with van der Waals surface area (Å²) in [6, 6.07) is 0. The third kappa shape index (κ3) is 3.46. The van der Waals surface area contributed by atoms with Gasteiger partial charge in [0.2, 0.25) is 0 Å². The van der Waals surface area contributed by atoms with Crippen molar-refractivity contribution >= 4 is 44.7 Å². The molecule has 0 saturated carbocycles. The van der Waals surface area contributed by atoms with Gasteiger partial charge in [0.15, 0.2) is 0 Å². The minimum absolute atomic E-state index is 1.24. The molecule has 0 N–H and O–H groups in total. The monoisotopic (exact) mass is 358 g/mol. The van der Waals surface area contributed by atoms with E-state index in [4.69, 9.17) is 20.0 Å². The normalized spacial score (nSPS) is 20.1. The summed E-state index contributed by atoms with van der Waals surface area (Å²) in [6.07, 6.45) is 5.14. The molecule has 0 aromatic heterocycles. The van der Waals surface area contributed by atoms with Gasteiger partial charge in [0.25, 0.3) is 0 Å². The Morgan fingerprint density at radius 3 is 1.29 bits per heavy atom. The van der Waals surface area contributed by atoms with Gasteiger partial charge in [-0.1, -0.05) is 0 Å². The Hall–Kier alpha value is 1.41. The van der Waals surface area contributed by atoms with E-state index in [0.717, 1.165) is 0 Å². The Bertz CT molecular complexity index is 220. The maximum absolute atomic E-state index is 6.61. The summed E-state index contributed by atoms with van der Waals surface area (Å²) in [5, 5.41) is 0. The van der Waals surface area contributed by atoms with Gasteiger partial charge in [-0.15, -0.1) is 0 Å². The summed E-state index contributed by atoms with van der Waals surface area (Å²) in [4.78, 5) is 0. The van der Waals surface area contributed by atoms with Gasteiger partial charge >= 0.3 is 102 Å². The average molecular weight is 356 g/mol. The standard InChI is InChI=1S/C10H20Cl2Ge2/c1-13(2,11)9-7-5-6-8-10(9)14(3,4)12/h5-8H2,1-4H3. The molecule has 0 nitrogen and oxygen atoms in total. The van der Waals surface area contributed by atoms with E-state index < -0.39 is 24.7 Å². The van der Waals surface area contributed by atoms with Crippen LogP contribution in [-0.4, -0.2) is 24.7 Å². The Balaban J connectivity index is 3.10. The number of hydrogen-bond donors (Lipinski definition) is 0. The molecule has 0 fully saturated rings. The van der Waals surface area contributed by atoms with Gasteiger partial charge in [-0.25, -0.2) is 0 Å². The molecule has 0 aromatic rings. The molecule has 1 aliphatic carbocycles. The predicted molar refractivity (Wildman–Crippen MR) is 72.2 cm³/mol. The quantitative estimate of drug-likeness (QED) is 0.622. The van der Waals surface area contributed by atoms with Gasteiger partial charge in [0.1, 0.15) is 0 Å². The number of rotatable bonds is 2. The van der Waals surface area contributed by atoms with Crippen LogP contribution in [0.5, 0.6) is 0 Å². The van der Waals surface area contributed by atoms with E-state index in [9.17, 15) is 0 Å². The van der Waals surface area contributed by atoms with Crippen molar-refractivity contribution in [3.05, 3.63) is 8.81 Å². The van der Waals surface area contributed by atoms with Crippen LogP contribution in [0.1, 0.15) is 25.7 Å². The zero-order valence-corrected chi connectivity index (χ0v) is 15.3. The number of allylic oxidation sites excluding steroid dienone is 2. The van der Waals surface area contributed by atoms with Gasteiger partial charge in [0.05, 0.1) is 0 Å². The zero-order valence-electron chi connectivity index (χ0n) is 9.58. The SMILES string of the molecule is [CH3][Ge]([CH3])([Cl])[C]1=[C]([Ge]([CH3])([CH3])[Cl])CCCC1. The second kappa shape index (κ2) is 4.73. The van der Waals surface area contributed by atoms with E-state index in [1.165, 1.54) is 25.7 Å². The summed E-state index contributed by atoms with van der Waals surface area (Å²) in [7, 11) is 13.2. The molecule has 0 bridgehead atoms.